The highest BCUT2D eigenvalue weighted by atomic mass is 127. The van der Waals surface area contributed by atoms with Crippen LogP contribution in [0.4, 0.5) is 0 Å². The Hall–Kier alpha value is -0.410. The molecule has 3 aliphatic rings. The van der Waals surface area contributed by atoms with E-state index in [4.69, 9.17) is 11.6 Å². The number of fused-ring (bicyclic) bond motifs is 1. The molecule has 21 heavy (non-hydrogen) atoms. The molecule has 2 aliphatic carbocycles. The van der Waals surface area contributed by atoms with Crippen LogP contribution in [0.5, 0.6) is 0 Å². The van der Waals surface area contributed by atoms with Gasteiger partial charge in [-0.05, 0) is 73.8 Å². The molecular weight excluding hydrogens is 391 g/mol. The van der Waals surface area contributed by atoms with Gasteiger partial charge in [0.05, 0.1) is 0 Å². The SMILES string of the molecule is Clc1ccc2c(c1)CC1=C(I=CCC1)C2=C1CCCCC1. The first-order valence-corrected chi connectivity index (χ1v) is 10.7. The molecule has 1 aliphatic heterocycles. The largest absolute Gasteiger partial charge is 0.0895 e. The first-order valence-electron chi connectivity index (χ1n) is 8.01. The van der Waals surface area contributed by atoms with Gasteiger partial charge in [0.25, 0.3) is 0 Å². The molecule has 0 unspecified atom stereocenters. The quantitative estimate of drug-likeness (QED) is 0.432. The Labute approximate surface area is 142 Å². The fourth-order valence-electron chi connectivity index (χ4n) is 3.82. The zero-order valence-corrected chi connectivity index (χ0v) is 15.1. The standard InChI is InChI=1S/C19H20ClI/c20-16-8-9-17-15(12-16)11-14-7-4-10-21-19(14)18(17)13-5-2-1-3-6-13/h8-10,12H,1-7,11H2. The predicted molar refractivity (Wildman–Crippen MR) is 102 cm³/mol. The molecule has 1 heterocycles. The maximum atomic E-state index is 6.25. The normalized spacial score (nSPS) is 21.8. The van der Waals surface area contributed by atoms with Gasteiger partial charge in [-0.1, -0.05) is 60.0 Å². The summed E-state index contributed by atoms with van der Waals surface area (Å²) in [4.78, 5) is 0. The van der Waals surface area contributed by atoms with Gasteiger partial charge in [-0.25, -0.2) is 0 Å². The summed E-state index contributed by atoms with van der Waals surface area (Å²) in [5.41, 5.74) is 8.11. The minimum absolute atomic E-state index is 0.116. The van der Waals surface area contributed by atoms with E-state index >= 15 is 0 Å². The predicted octanol–water partition coefficient (Wildman–Crippen LogP) is 6.43. The molecule has 2 heteroatoms. The van der Waals surface area contributed by atoms with Crippen molar-refractivity contribution in [1.29, 1.82) is 0 Å². The average molecular weight is 411 g/mol. The van der Waals surface area contributed by atoms with Crippen molar-refractivity contribution < 1.29 is 0 Å². The van der Waals surface area contributed by atoms with E-state index < -0.39 is 0 Å². The van der Waals surface area contributed by atoms with Crippen molar-refractivity contribution in [3.63, 3.8) is 0 Å². The average Bonchev–Trinajstić information content (AvgIpc) is 2.53. The maximum Gasteiger partial charge on any atom is 0.0409 e. The van der Waals surface area contributed by atoms with Crippen LogP contribution in [0.3, 0.4) is 0 Å². The summed E-state index contributed by atoms with van der Waals surface area (Å²) in [7, 11) is 0. The van der Waals surface area contributed by atoms with Crippen LogP contribution in [0.15, 0.2) is 32.9 Å². The highest BCUT2D eigenvalue weighted by Gasteiger charge is 2.26. The van der Waals surface area contributed by atoms with E-state index in [1.807, 2.05) is 0 Å². The number of hydrogen-bond acceptors (Lipinski definition) is 0. The minimum atomic E-state index is 0.116. The molecule has 0 bridgehead atoms. The van der Waals surface area contributed by atoms with Crippen LogP contribution in [0, 0.1) is 0 Å². The topological polar surface area (TPSA) is 0 Å². The molecule has 0 N–H and O–H groups in total. The third kappa shape index (κ3) is 2.68. The highest BCUT2D eigenvalue weighted by Crippen LogP contribution is 2.48. The fraction of sp³-hybridized carbons (Fsp3) is 0.421. The van der Waals surface area contributed by atoms with Crippen molar-refractivity contribution in [2.24, 2.45) is 0 Å². The number of benzene rings is 1. The molecule has 1 aromatic rings. The van der Waals surface area contributed by atoms with Crippen LogP contribution in [-0.4, -0.2) is 4.01 Å². The van der Waals surface area contributed by atoms with Crippen LogP contribution in [-0.2, 0) is 6.42 Å². The molecule has 0 atom stereocenters. The van der Waals surface area contributed by atoms with Gasteiger partial charge < -0.3 is 0 Å². The summed E-state index contributed by atoms with van der Waals surface area (Å²) in [6, 6.07) is 6.58. The second kappa shape index (κ2) is 6.00. The fourth-order valence-corrected chi connectivity index (χ4v) is 6.96. The first-order chi connectivity index (χ1) is 10.3. The molecular formula is C19H20ClI. The maximum absolute atomic E-state index is 6.25. The van der Waals surface area contributed by atoms with Crippen LogP contribution >= 0.6 is 32.3 Å². The third-order valence-corrected chi connectivity index (χ3v) is 8.05. The molecule has 0 saturated heterocycles. The van der Waals surface area contributed by atoms with E-state index in [0.717, 1.165) is 11.4 Å². The molecule has 110 valence electrons. The van der Waals surface area contributed by atoms with Crippen molar-refractivity contribution in [1.82, 2.24) is 0 Å². The van der Waals surface area contributed by atoms with Crippen LogP contribution in [0.25, 0.3) is 5.57 Å². The summed E-state index contributed by atoms with van der Waals surface area (Å²) >= 11 is 6.37. The number of allylic oxidation sites excluding steroid dienone is 4. The lowest BCUT2D eigenvalue weighted by Crippen LogP contribution is -2.11. The van der Waals surface area contributed by atoms with Gasteiger partial charge in [0.1, 0.15) is 0 Å². The minimum Gasteiger partial charge on any atom is -0.0895 e. The Bertz CT molecular complexity index is 671. The number of halogens is 2. The van der Waals surface area contributed by atoms with Gasteiger partial charge >= 0.3 is 0 Å². The van der Waals surface area contributed by atoms with Crippen molar-refractivity contribution in [3.05, 3.63) is 49.1 Å². The summed E-state index contributed by atoms with van der Waals surface area (Å²) in [6.07, 6.45) is 10.5. The van der Waals surface area contributed by atoms with Gasteiger partial charge in [0.15, 0.2) is 0 Å². The van der Waals surface area contributed by atoms with Gasteiger partial charge in [-0.3, -0.25) is 0 Å². The Morgan fingerprint density at radius 1 is 0.952 bits per heavy atom. The van der Waals surface area contributed by atoms with Crippen LogP contribution < -0.4 is 0 Å². The summed E-state index contributed by atoms with van der Waals surface area (Å²) in [5.74, 6) is 0. The molecule has 0 nitrogen and oxygen atoms in total. The van der Waals surface area contributed by atoms with Gasteiger partial charge in [0, 0.05) is 8.60 Å². The Balaban J connectivity index is 1.92. The van der Waals surface area contributed by atoms with Crippen molar-refractivity contribution in [2.45, 2.75) is 51.4 Å². The Morgan fingerprint density at radius 2 is 1.81 bits per heavy atom. The molecule has 0 spiro atoms. The van der Waals surface area contributed by atoms with Crippen LogP contribution in [0.1, 0.15) is 56.1 Å². The van der Waals surface area contributed by atoms with Gasteiger partial charge in [-0.15, -0.1) is 0 Å². The van der Waals surface area contributed by atoms with E-state index in [9.17, 15) is 0 Å². The van der Waals surface area contributed by atoms with Crippen LogP contribution in [0.2, 0.25) is 5.02 Å². The zero-order chi connectivity index (χ0) is 14.2. The monoisotopic (exact) mass is 410 g/mol. The molecule has 0 amide bonds. The van der Waals surface area contributed by atoms with Crippen molar-refractivity contribution in [2.75, 3.05) is 0 Å². The summed E-state index contributed by atoms with van der Waals surface area (Å²) in [5, 5.41) is 0.892. The molecule has 1 aromatic carbocycles. The molecule has 1 saturated carbocycles. The lowest BCUT2D eigenvalue weighted by atomic mass is 9.81. The lowest BCUT2D eigenvalue weighted by Gasteiger charge is -2.30. The van der Waals surface area contributed by atoms with Gasteiger partial charge in [0.2, 0.25) is 0 Å². The van der Waals surface area contributed by atoms with E-state index in [1.165, 1.54) is 56.1 Å². The number of rotatable bonds is 0. The Morgan fingerprint density at radius 3 is 2.67 bits per heavy atom. The van der Waals surface area contributed by atoms with Crippen molar-refractivity contribution >= 4 is 41.9 Å². The second-order valence-corrected chi connectivity index (χ2v) is 9.26. The van der Waals surface area contributed by atoms with E-state index in [2.05, 4.69) is 22.2 Å². The van der Waals surface area contributed by atoms with E-state index in [1.54, 1.807) is 20.3 Å². The number of hydrogen-bond donors (Lipinski definition) is 0. The zero-order valence-electron chi connectivity index (χ0n) is 12.2. The van der Waals surface area contributed by atoms with Gasteiger partial charge in [-0.2, -0.15) is 0 Å². The van der Waals surface area contributed by atoms with E-state index in [-0.39, 0.29) is 20.7 Å². The van der Waals surface area contributed by atoms with E-state index in [0.29, 0.717) is 0 Å². The first kappa shape index (κ1) is 14.2. The molecule has 1 fully saturated rings. The smallest absolute Gasteiger partial charge is 0.0409 e. The molecule has 0 aromatic heterocycles. The second-order valence-electron chi connectivity index (χ2n) is 6.24. The highest BCUT2D eigenvalue weighted by molar-refractivity contribution is 14.2. The third-order valence-electron chi connectivity index (χ3n) is 4.82. The molecule has 4 rings (SSSR count). The van der Waals surface area contributed by atoms with Crippen molar-refractivity contribution in [3.8, 4) is 0 Å². The lowest BCUT2D eigenvalue weighted by molar-refractivity contribution is 0.601. The molecule has 0 radical (unpaired) electrons. The summed E-state index contributed by atoms with van der Waals surface area (Å²) in [6.45, 7) is 0. The summed E-state index contributed by atoms with van der Waals surface area (Å²) < 4.78 is 4.36. The Kier molecular flexibility index (Phi) is 4.06.